The van der Waals surface area contributed by atoms with Crippen LogP contribution in [0.25, 0.3) is 0 Å². The van der Waals surface area contributed by atoms with E-state index in [9.17, 15) is 0 Å². The van der Waals surface area contributed by atoms with Gasteiger partial charge in [0, 0.05) is 19.3 Å². The third-order valence-electron chi connectivity index (χ3n) is 2.08. The molecule has 1 fully saturated rings. The van der Waals surface area contributed by atoms with Crippen molar-refractivity contribution < 1.29 is 9.84 Å². The molecule has 10 heavy (non-hydrogen) atoms. The largest absolute Gasteiger partial charge is 0.395 e. The first kappa shape index (κ1) is 7.98. The van der Waals surface area contributed by atoms with E-state index in [1.54, 1.807) is 0 Å². The average molecular weight is 145 g/mol. The van der Waals surface area contributed by atoms with Gasteiger partial charge in [0.25, 0.3) is 0 Å². The maximum Gasteiger partial charge on any atom is 0.0585 e. The Labute approximate surface area is 61.2 Å². The van der Waals surface area contributed by atoms with Crippen LogP contribution in [-0.4, -0.2) is 31.0 Å². The Morgan fingerprint density at radius 1 is 1.50 bits per heavy atom. The summed E-state index contributed by atoms with van der Waals surface area (Å²) in [5, 5.41) is 8.72. The molecule has 1 rings (SSSR count). The molecular formula is C7H15NO2. The van der Waals surface area contributed by atoms with Crippen molar-refractivity contribution in [2.45, 2.75) is 18.9 Å². The maximum atomic E-state index is 8.72. The van der Waals surface area contributed by atoms with E-state index in [4.69, 9.17) is 15.6 Å². The molecule has 0 aromatic carbocycles. The first-order chi connectivity index (χ1) is 4.84. The highest BCUT2D eigenvalue weighted by molar-refractivity contribution is 4.74. The van der Waals surface area contributed by atoms with E-state index in [-0.39, 0.29) is 12.6 Å². The van der Waals surface area contributed by atoms with E-state index in [1.165, 1.54) is 0 Å². The normalized spacial score (nSPS) is 24.6. The molecule has 0 aromatic heterocycles. The van der Waals surface area contributed by atoms with Crippen molar-refractivity contribution in [1.29, 1.82) is 0 Å². The summed E-state index contributed by atoms with van der Waals surface area (Å²) in [4.78, 5) is 0. The molecule has 0 unspecified atom stereocenters. The Bertz CT molecular complexity index is 91.6. The van der Waals surface area contributed by atoms with Crippen LogP contribution >= 0.6 is 0 Å². The van der Waals surface area contributed by atoms with Gasteiger partial charge in [0.2, 0.25) is 0 Å². The number of aliphatic hydroxyl groups is 1. The van der Waals surface area contributed by atoms with Crippen molar-refractivity contribution in [3.63, 3.8) is 0 Å². The fourth-order valence-corrected chi connectivity index (χ4v) is 1.29. The molecule has 0 aliphatic carbocycles. The van der Waals surface area contributed by atoms with Crippen molar-refractivity contribution in [3.05, 3.63) is 0 Å². The summed E-state index contributed by atoms with van der Waals surface area (Å²) in [5.74, 6) is 0.471. The Morgan fingerprint density at radius 2 is 2.10 bits per heavy atom. The van der Waals surface area contributed by atoms with Gasteiger partial charge in [-0.3, -0.25) is 0 Å². The van der Waals surface area contributed by atoms with Crippen molar-refractivity contribution in [1.82, 2.24) is 0 Å². The molecule has 0 aromatic rings. The van der Waals surface area contributed by atoms with Crippen LogP contribution in [-0.2, 0) is 4.74 Å². The summed E-state index contributed by atoms with van der Waals surface area (Å²) in [6.45, 7) is 1.71. The molecule has 3 heteroatoms. The van der Waals surface area contributed by atoms with Gasteiger partial charge in [-0.25, -0.2) is 0 Å². The van der Waals surface area contributed by atoms with Crippen LogP contribution in [0.1, 0.15) is 12.8 Å². The van der Waals surface area contributed by atoms with Gasteiger partial charge in [-0.2, -0.15) is 0 Å². The number of nitrogens with two attached hydrogens (primary N) is 1. The van der Waals surface area contributed by atoms with Gasteiger partial charge in [0.05, 0.1) is 6.61 Å². The van der Waals surface area contributed by atoms with Crippen LogP contribution in [0.2, 0.25) is 0 Å². The lowest BCUT2D eigenvalue weighted by molar-refractivity contribution is 0.0504. The molecule has 0 amide bonds. The second kappa shape index (κ2) is 3.91. The number of hydrogen-bond donors (Lipinski definition) is 2. The summed E-state index contributed by atoms with van der Waals surface area (Å²) in [7, 11) is 0. The SMILES string of the molecule is N[C@@H](CO)C1CCOCC1. The van der Waals surface area contributed by atoms with Crippen molar-refractivity contribution in [2.75, 3.05) is 19.8 Å². The fraction of sp³-hybridized carbons (Fsp3) is 1.00. The van der Waals surface area contributed by atoms with Gasteiger partial charge in [0.1, 0.15) is 0 Å². The van der Waals surface area contributed by atoms with Crippen LogP contribution in [0.4, 0.5) is 0 Å². The van der Waals surface area contributed by atoms with Gasteiger partial charge < -0.3 is 15.6 Å². The van der Waals surface area contributed by atoms with E-state index < -0.39 is 0 Å². The second-order valence-corrected chi connectivity index (χ2v) is 2.80. The van der Waals surface area contributed by atoms with Crippen molar-refractivity contribution >= 4 is 0 Å². The predicted octanol–water partition coefficient (Wildman–Crippen LogP) is -0.267. The van der Waals surface area contributed by atoms with E-state index >= 15 is 0 Å². The molecule has 0 bridgehead atoms. The highest BCUT2D eigenvalue weighted by atomic mass is 16.5. The molecule has 1 aliphatic rings. The van der Waals surface area contributed by atoms with Gasteiger partial charge in [0.15, 0.2) is 0 Å². The number of ether oxygens (including phenoxy) is 1. The minimum absolute atomic E-state index is 0.0381. The molecule has 1 atom stereocenters. The molecule has 0 saturated carbocycles. The summed E-state index contributed by atoms with van der Waals surface area (Å²) >= 11 is 0. The molecule has 1 saturated heterocycles. The lowest BCUT2D eigenvalue weighted by Gasteiger charge is -2.25. The first-order valence-electron chi connectivity index (χ1n) is 3.78. The quantitative estimate of drug-likeness (QED) is 0.562. The lowest BCUT2D eigenvalue weighted by atomic mass is 9.93. The fourth-order valence-electron chi connectivity index (χ4n) is 1.29. The Kier molecular flexibility index (Phi) is 3.12. The van der Waals surface area contributed by atoms with E-state index in [2.05, 4.69) is 0 Å². The molecule has 1 heterocycles. The molecule has 60 valence electrons. The van der Waals surface area contributed by atoms with Crippen LogP contribution in [0.3, 0.4) is 0 Å². The van der Waals surface area contributed by atoms with Crippen LogP contribution < -0.4 is 5.73 Å². The number of hydrogen-bond acceptors (Lipinski definition) is 3. The summed E-state index contributed by atoms with van der Waals surface area (Å²) < 4.78 is 5.16. The second-order valence-electron chi connectivity index (χ2n) is 2.80. The van der Waals surface area contributed by atoms with Crippen LogP contribution in [0, 0.1) is 5.92 Å². The summed E-state index contributed by atoms with van der Waals surface area (Å²) in [6, 6.07) is -0.0381. The minimum atomic E-state index is -0.0381. The Morgan fingerprint density at radius 3 is 2.60 bits per heavy atom. The van der Waals surface area contributed by atoms with Crippen LogP contribution in [0.5, 0.6) is 0 Å². The van der Waals surface area contributed by atoms with Gasteiger partial charge >= 0.3 is 0 Å². The van der Waals surface area contributed by atoms with Crippen molar-refractivity contribution in [2.24, 2.45) is 11.7 Å². The molecule has 3 nitrogen and oxygen atoms in total. The Hall–Kier alpha value is -0.120. The van der Waals surface area contributed by atoms with E-state index in [0.29, 0.717) is 5.92 Å². The first-order valence-corrected chi connectivity index (χ1v) is 3.78. The highest BCUT2D eigenvalue weighted by Crippen LogP contribution is 2.16. The van der Waals surface area contributed by atoms with Crippen LogP contribution in [0.15, 0.2) is 0 Å². The van der Waals surface area contributed by atoms with E-state index in [0.717, 1.165) is 26.1 Å². The third kappa shape index (κ3) is 1.94. The number of aliphatic hydroxyl groups excluding tert-OH is 1. The van der Waals surface area contributed by atoms with Crippen molar-refractivity contribution in [3.8, 4) is 0 Å². The Balaban J connectivity index is 2.24. The summed E-state index contributed by atoms with van der Waals surface area (Å²) in [6.07, 6.45) is 2.00. The zero-order chi connectivity index (χ0) is 7.40. The number of rotatable bonds is 2. The molecule has 0 spiro atoms. The summed E-state index contributed by atoms with van der Waals surface area (Å²) in [5.41, 5.74) is 5.64. The van der Waals surface area contributed by atoms with E-state index in [1.807, 2.05) is 0 Å². The van der Waals surface area contributed by atoms with Gasteiger partial charge in [-0.1, -0.05) is 0 Å². The molecule has 0 radical (unpaired) electrons. The topological polar surface area (TPSA) is 55.5 Å². The smallest absolute Gasteiger partial charge is 0.0585 e. The average Bonchev–Trinajstić information content (AvgIpc) is 2.05. The zero-order valence-corrected chi connectivity index (χ0v) is 6.12. The van der Waals surface area contributed by atoms with Gasteiger partial charge in [-0.15, -0.1) is 0 Å². The molecule has 3 N–H and O–H groups in total. The minimum Gasteiger partial charge on any atom is -0.395 e. The predicted molar refractivity (Wildman–Crippen MR) is 38.6 cm³/mol. The third-order valence-corrected chi connectivity index (χ3v) is 2.08. The lowest BCUT2D eigenvalue weighted by Crippen LogP contribution is -2.36. The molecular weight excluding hydrogens is 130 g/mol. The maximum absolute atomic E-state index is 8.72. The standard InChI is InChI=1S/C7H15NO2/c8-7(5-9)6-1-3-10-4-2-6/h6-7,9H,1-5,8H2/t7-/m0/s1. The van der Waals surface area contributed by atoms with Gasteiger partial charge in [-0.05, 0) is 18.8 Å². The monoisotopic (exact) mass is 145 g/mol. The highest BCUT2D eigenvalue weighted by Gasteiger charge is 2.19. The zero-order valence-electron chi connectivity index (χ0n) is 6.12. The molecule has 1 aliphatic heterocycles.